The van der Waals surface area contributed by atoms with Gasteiger partial charge in [0.2, 0.25) is 5.91 Å². The van der Waals surface area contributed by atoms with Gasteiger partial charge in [0.25, 0.3) is 0 Å². The first kappa shape index (κ1) is 13.5. The second-order valence-electron chi connectivity index (χ2n) is 3.73. The van der Waals surface area contributed by atoms with Crippen molar-refractivity contribution in [3.8, 4) is 5.75 Å². The van der Waals surface area contributed by atoms with E-state index in [1.807, 2.05) is 31.2 Å². The summed E-state index contributed by atoms with van der Waals surface area (Å²) in [5, 5.41) is 5.99. The molecule has 1 rings (SSSR count). The van der Waals surface area contributed by atoms with Gasteiger partial charge in [-0.25, -0.2) is 0 Å². The lowest BCUT2D eigenvalue weighted by molar-refractivity contribution is -0.121. The molecule has 0 aliphatic heterocycles. The number of carbonyl (C=O) groups is 1. The van der Waals surface area contributed by atoms with Crippen LogP contribution in [0.5, 0.6) is 5.75 Å². The fourth-order valence-corrected chi connectivity index (χ4v) is 1.45. The first-order valence-electron chi connectivity index (χ1n) is 5.86. The zero-order valence-electron chi connectivity index (χ0n) is 10.5. The van der Waals surface area contributed by atoms with Gasteiger partial charge in [0.05, 0.1) is 7.11 Å². The number of hydrogen-bond acceptors (Lipinski definition) is 3. The van der Waals surface area contributed by atoms with Crippen LogP contribution in [0.2, 0.25) is 0 Å². The van der Waals surface area contributed by atoms with Crippen LogP contribution in [0.1, 0.15) is 18.9 Å². The number of methoxy groups -OCH3 is 1. The Balaban J connectivity index is 2.31. The Morgan fingerprint density at radius 1 is 1.41 bits per heavy atom. The van der Waals surface area contributed by atoms with Crippen LogP contribution in [0.25, 0.3) is 0 Å². The Morgan fingerprint density at radius 3 is 2.94 bits per heavy atom. The summed E-state index contributed by atoms with van der Waals surface area (Å²) in [6.45, 7) is 4.18. The summed E-state index contributed by atoms with van der Waals surface area (Å²) in [7, 11) is 1.63. The molecule has 0 unspecified atom stereocenters. The summed E-state index contributed by atoms with van der Waals surface area (Å²) in [4.78, 5) is 11.5. The molecule has 0 aliphatic rings. The molecule has 94 valence electrons. The van der Waals surface area contributed by atoms with Crippen molar-refractivity contribution >= 4 is 5.91 Å². The maximum Gasteiger partial charge on any atom is 0.221 e. The maximum absolute atomic E-state index is 11.5. The van der Waals surface area contributed by atoms with Gasteiger partial charge in [-0.2, -0.15) is 0 Å². The van der Waals surface area contributed by atoms with E-state index in [0.29, 0.717) is 13.0 Å². The standard InChI is InChI=1S/C13H20N2O2/c1-3-14-8-7-13(16)15-10-11-5-4-6-12(9-11)17-2/h4-6,9,14H,3,7-8,10H2,1-2H3,(H,15,16). The van der Waals surface area contributed by atoms with Gasteiger partial charge in [0, 0.05) is 19.5 Å². The highest BCUT2D eigenvalue weighted by molar-refractivity contribution is 5.76. The fourth-order valence-electron chi connectivity index (χ4n) is 1.45. The van der Waals surface area contributed by atoms with Crippen LogP contribution in [0, 0.1) is 0 Å². The largest absolute Gasteiger partial charge is 0.497 e. The molecule has 0 saturated carbocycles. The summed E-state index contributed by atoms with van der Waals surface area (Å²) >= 11 is 0. The quantitative estimate of drug-likeness (QED) is 0.702. The van der Waals surface area contributed by atoms with Crippen LogP contribution >= 0.6 is 0 Å². The normalized spacial score (nSPS) is 10.0. The number of hydrogen-bond donors (Lipinski definition) is 2. The number of carbonyl (C=O) groups excluding carboxylic acids is 1. The van der Waals surface area contributed by atoms with Crippen molar-refractivity contribution in [2.75, 3.05) is 20.2 Å². The van der Waals surface area contributed by atoms with Gasteiger partial charge >= 0.3 is 0 Å². The molecular weight excluding hydrogens is 216 g/mol. The third kappa shape index (κ3) is 5.36. The Hall–Kier alpha value is -1.55. The molecule has 1 aromatic rings. The Kier molecular flexibility index (Phi) is 6.10. The summed E-state index contributed by atoms with van der Waals surface area (Å²) in [6.07, 6.45) is 0.512. The molecule has 4 heteroatoms. The minimum Gasteiger partial charge on any atom is -0.497 e. The van der Waals surface area contributed by atoms with Crippen molar-refractivity contribution in [3.63, 3.8) is 0 Å². The van der Waals surface area contributed by atoms with E-state index in [1.165, 1.54) is 0 Å². The fraction of sp³-hybridized carbons (Fsp3) is 0.462. The highest BCUT2D eigenvalue weighted by atomic mass is 16.5. The molecule has 17 heavy (non-hydrogen) atoms. The van der Waals surface area contributed by atoms with E-state index in [4.69, 9.17) is 4.74 Å². The summed E-state index contributed by atoms with van der Waals surface area (Å²) < 4.78 is 5.12. The monoisotopic (exact) mass is 236 g/mol. The molecule has 1 amide bonds. The first-order chi connectivity index (χ1) is 8.26. The molecule has 4 nitrogen and oxygen atoms in total. The van der Waals surface area contributed by atoms with E-state index >= 15 is 0 Å². The van der Waals surface area contributed by atoms with Crippen molar-refractivity contribution in [2.45, 2.75) is 19.9 Å². The van der Waals surface area contributed by atoms with Crippen molar-refractivity contribution in [1.82, 2.24) is 10.6 Å². The van der Waals surface area contributed by atoms with Gasteiger partial charge < -0.3 is 15.4 Å². The van der Waals surface area contributed by atoms with E-state index in [0.717, 1.165) is 24.4 Å². The molecule has 0 radical (unpaired) electrons. The highest BCUT2D eigenvalue weighted by Crippen LogP contribution is 2.11. The number of amides is 1. The predicted molar refractivity (Wildman–Crippen MR) is 68.0 cm³/mol. The van der Waals surface area contributed by atoms with Gasteiger partial charge in [0.15, 0.2) is 0 Å². The van der Waals surface area contributed by atoms with Gasteiger partial charge in [-0.15, -0.1) is 0 Å². The molecule has 0 bridgehead atoms. The Labute approximate surface area is 102 Å². The molecule has 0 aliphatic carbocycles. The lowest BCUT2D eigenvalue weighted by Gasteiger charge is -2.07. The van der Waals surface area contributed by atoms with Crippen LogP contribution < -0.4 is 15.4 Å². The summed E-state index contributed by atoms with van der Waals surface area (Å²) in [5.41, 5.74) is 1.04. The molecular formula is C13H20N2O2. The van der Waals surface area contributed by atoms with Crippen molar-refractivity contribution < 1.29 is 9.53 Å². The Bertz CT molecular complexity index is 353. The van der Waals surface area contributed by atoms with Crippen LogP contribution in [0.3, 0.4) is 0 Å². The average Bonchev–Trinajstić information content (AvgIpc) is 2.37. The number of rotatable bonds is 7. The molecule has 2 N–H and O–H groups in total. The Morgan fingerprint density at radius 2 is 2.24 bits per heavy atom. The number of benzene rings is 1. The third-order valence-corrected chi connectivity index (χ3v) is 2.40. The maximum atomic E-state index is 11.5. The van der Waals surface area contributed by atoms with Crippen molar-refractivity contribution in [3.05, 3.63) is 29.8 Å². The molecule has 0 spiro atoms. The van der Waals surface area contributed by atoms with Crippen LogP contribution in [0.4, 0.5) is 0 Å². The smallest absolute Gasteiger partial charge is 0.221 e. The van der Waals surface area contributed by atoms with E-state index in [1.54, 1.807) is 7.11 Å². The van der Waals surface area contributed by atoms with E-state index < -0.39 is 0 Å². The van der Waals surface area contributed by atoms with Crippen LogP contribution in [-0.4, -0.2) is 26.1 Å². The molecule has 1 aromatic carbocycles. The van der Waals surface area contributed by atoms with Crippen LogP contribution in [-0.2, 0) is 11.3 Å². The predicted octanol–water partition coefficient (Wildman–Crippen LogP) is 1.31. The lowest BCUT2D eigenvalue weighted by atomic mass is 10.2. The van der Waals surface area contributed by atoms with Gasteiger partial charge in [-0.05, 0) is 24.2 Å². The second kappa shape index (κ2) is 7.68. The third-order valence-electron chi connectivity index (χ3n) is 2.40. The highest BCUT2D eigenvalue weighted by Gasteiger charge is 2.01. The average molecular weight is 236 g/mol. The van der Waals surface area contributed by atoms with Crippen molar-refractivity contribution in [2.24, 2.45) is 0 Å². The van der Waals surface area contributed by atoms with Gasteiger partial charge in [-0.3, -0.25) is 4.79 Å². The van der Waals surface area contributed by atoms with Gasteiger partial charge in [0.1, 0.15) is 5.75 Å². The SMILES string of the molecule is CCNCCC(=O)NCc1cccc(OC)c1. The topological polar surface area (TPSA) is 50.4 Å². The number of nitrogens with one attached hydrogen (secondary N) is 2. The minimum absolute atomic E-state index is 0.0637. The van der Waals surface area contributed by atoms with Gasteiger partial charge in [-0.1, -0.05) is 19.1 Å². The molecule has 0 atom stereocenters. The summed E-state index contributed by atoms with van der Waals surface area (Å²) in [6, 6.07) is 7.69. The van der Waals surface area contributed by atoms with E-state index in [-0.39, 0.29) is 5.91 Å². The van der Waals surface area contributed by atoms with E-state index in [9.17, 15) is 4.79 Å². The van der Waals surface area contributed by atoms with Crippen molar-refractivity contribution in [1.29, 1.82) is 0 Å². The lowest BCUT2D eigenvalue weighted by Crippen LogP contribution is -2.27. The molecule has 0 fully saturated rings. The van der Waals surface area contributed by atoms with E-state index in [2.05, 4.69) is 10.6 Å². The zero-order valence-corrected chi connectivity index (χ0v) is 10.5. The van der Waals surface area contributed by atoms with Crippen LogP contribution in [0.15, 0.2) is 24.3 Å². The molecule has 0 heterocycles. The number of ether oxygens (including phenoxy) is 1. The molecule has 0 saturated heterocycles. The second-order valence-corrected chi connectivity index (χ2v) is 3.73. The zero-order chi connectivity index (χ0) is 12.5. The first-order valence-corrected chi connectivity index (χ1v) is 5.86. The summed E-state index contributed by atoms with van der Waals surface area (Å²) in [5.74, 6) is 0.873. The molecule has 0 aromatic heterocycles. The minimum atomic E-state index is 0.0637.